The molecule has 0 amide bonds. The van der Waals surface area contributed by atoms with Crippen LogP contribution in [0.3, 0.4) is 0 Å². The van der Waals surface area contributed by atoms with Crippen LogP contribution < -0.4 is 0 Å². The molecule has 340 valence electrons. The second-order valence-corrected chi connectivity index (χ2v) is 20.7. The highest BCUT2D eigenvalue weighted by Gasteiger charge is 2.34. The fourth-order valence-corrected chi connectivity index (χ4v) is 14.6. The maximum Gasteiger partial charge on any atom is 0.220 e. The van der Waals surface area contributed by atoms with Gasteiger partial charge in [0.25, 0.3) is 0 Å². The average molecular weight is 981 g/mol. The van der Waals surface area contributed by atoms with Gasteiger partial charge >= 0.3 is 0 Å². The molecule has 0 saturated heterocycles. The highest BCUT2D eigenvalue weighted by atomic mass is 32.1. The number of fused-ring (bicyclic) bond motifs is 14. The van der Waals surface area contributed by atoms with Crippen LogP contribution in [0.25, 0.3) is 155 Å². The first-order valence-electron chi connectivity index (χ1n) is 28.1. The van der Waals surface area contributed by atoms with Gasteiger partial charge < -0.3 is 9.13 Å². The summed E-state index contributed by atoms with van der Waals surface area (Å²) in [6.07, 6.45) is 0. The molecule has 4 heterocycles. The van der Waals surface area contributed by atoms with Crippen molar-refractivity contribution in [2.24, 2.45) is 0 Å². The van der Waals surface area contributed by atoms with Crippen molar-refractivity contribution in [3.05, 3.63) is 235 Å². The average Bonchev–Trinajstić information content (AvgIpc) is 3.34. The van der Waals surface area contributed by atoms with Crippen LogP contribution in [0.5, 0.6) is 0 Å². The van der Waals surface area contributed by atoms with Gasteiger partial charge in [-0.15, -0.1) is 22.7 Å². The summed E-state index contributed by atoms with van der Waals surface area (Å²) in [5.74, 6) is 0. The van der Waals surface area contributed by atoms with Gasteiger partial charge in [0.2, 0.25) is 5.69 Å². The molecule has 0 atom stereocenters. The van der Waals surface area contributed by atoms with Gasteiger partial charge in [-0.05, 0) is 74.1 Å². The monoisotopic (exact) mass is 980 g/mol. The number of nitrogens with zero attached hydrogens (tertiary/aromatic N) is 4. The molecular formula is C68H36N4S2. The number of nitriles is 1. The molecule has 0 radical (unpaired) electrons. The normalized spacial score (nSPS) is 13.5. The standard InChI is InChI=1S/C68H36N4S2/c1-70-62-57(40-21-7-3-8-22-40)52(38-69)63(58(41-23-9-4-10-24-41)65(62)71-53-31-17-29-46-42-25-11-12-26-43(42)47-30-18-32-54(71)61(47)60(46)53)72-64-49(36-35-48-44-27-13-15-33-55(44)73-67(48)64)59-50(39-19-5-2-6-20-39)37-51-45-28-14-16-34-56(45)74-68(51)66(59)72/h2-37H/i2D,5D,6D,17D,19D,20D,29D,31D. The van der Waals surface area contributed by atoms with Crippen molar-refractivity contribution < 1.29 is 11.0 Å². The number of hydrogen-bond acceptors (Lipinski definition) is 3. The lowest BCUT2D eigenvalue weighted by molar-refractivity contribution is 1.14. The third-order valence-electron chi connectivity index (χ3n) is 15.0. The summed E-state index contributed by atoms with van der Waals surface area (Å²) in [4.78, 5) is 4.52. The van der Waals surface area contributed by atoms with Gasteiger partial charge in [0.05, 0.1) is 65.9 Å². The van der Waals surface area contributed by atoms with E-state index in [4.69, 9.17) is 4.11 Å². The minimum atomic E-state index is -0.505. The van der Waals surface area contributed by atoms with Gasteiger partial charge in [-0.2, -0.15) is 5.26 Å². The molecule has 4 aromatic heterocycles. The van der Waals surface area contributed by atoms with Gasteiger partial charge in [0, 0.05) is 63.6 Å². The predicted molar refractivity (Wildman–Crippen MR) is 314 cm³/mol. The van der Waals surface area contributed by atoms with Gasteiger partial charge in [0.1, 0.15) is 6.07 Å². The van der Waals surface area contributed by atoms with Crippen molar-refractivity contribution in [3.63, 3.8) is 0 Å². The van der Waals surface area contributed by atoms with E-state index in [-0.39, 0.29) is 47.0 Å². The minimum absolute atomic E-state index is 0.0350. The molecule has 74 heavy (non-hydrogen) atoms. The molecule has 0 N–H and O–H groups in total. The van der Waals surface area contributed by atoms with Crippen LogP contribution in [0, 0.1) is 17.9 Å². The number of hydrogen-bond donors (Lipinski definition) is 0. The first-order valence-corrected chi connectivity index (χ1v) is 25.7. The molecular weight excluding hydrogens is 937 g/mol. The first kappa shape index (κ1) is 33.9. The maximum absolute atomic E-state index is 12.4. The number of benzene rings is 12. The summed E-state index contributed by atoms with van der Waals surface area (Å²) in [7, 11) is 0. The van der Waals surface area contributed by atoms with Crippen LogP contribution in [0.1, 0.15) is 16.5 Å². The van der Waals surface area contributed by atoms with E-state index < -0.39 is 18.1 Å². The summed E-state index contributed by atoms with van der Waals surface area (Å²) in [6.45, 7) is 9.52. The smallest absolute Gasteiger partial charge is 0.220 e. The molecule has 0 aliphatic heterocycles. The fourth-order valence-electron chi connectivity index (χ4n) is 12.1. The van der Waals surface area contributed by atoms with Crippen LogP contribution >= 0.6 is 22.7 Å². The molecule has 0 fully saturated rings. The third kappa shape index (κ3) is 5.43. The number of thiophene rings is 2. The van der Waals surface area contributed by atoms with Crippen molar-refractivity contribution in [1.82, 2.24) is 9.13 Å². The summed E-state index contributed by atoms with van der Waals surface area (Å²) >= 11 is 3.17. The van der Waals surface area contributed by atoms with E-state index in [0.717, 1.165) is 61.9 Å². The first-order chi connectivity index (χ1) is 40.0. The Morgan fingerprint density at radius 1 is 0.446 bits per heavy atom. The van der Waals surface area contributed by atoms with Crippen molar-refractivity contribution in [2.75, 3.05) is 0 Å². The molecule has 4 nitrogen and oxygen atoms in total. The number of aromatic nitrogens is 2. The van der Waals surface area contributed by atoms with Crippen LogP contribution in [0.4, 0.5) is 5.69 Å². The van der Waals surface area contributed by atoms with E-state index in [1.165, 1.54) is 0 Å². The highest BCUT2D eigenvalue weighted by molar-refractivity contribution is 7.27. The Kier molecular flexibility index (Phi) is 7.09. The Morgan fingerprint density at radius 3 is 1.74 bits per heavy atom. The zero-order chi connectivity index (χ0) is 55.7. The van der Waals surface area contributed by atoms with Gasteiger partial charge in [-0.25, -0.2) is 4.85 Å². The lowest BCUT2D eigenvalue weighted by Crippen LogP contribution is -2.09. The Bertz CT molecular complexity index is 5620. The molecule has 12 aromatic carbocycles. The summed E-state index contributed by atoms with van der Waals surface area (Å²) < 4.78 is 83.2. The Morgan fingerprint density at radius 2 is 1.04 bits per heavy atom. The lowest BCUT2D eigenvalue weighted by atomic mass is 9.88. The van der Waals surface area contributed by atoms with Crippen LogP contribution in [0.15, 0.2) is 218 Å². The Hall–Kier alpha value is -9.56. The molecule has 16 aromatic rings. The third-order valence-corrected chi connectivity index (χ3v) is 17.4. The zero-order valence-corrected chi connectivity index (χ0v) is 40.4. The quantitative estimate of drug-likeness (QED) is 0.125. The SMILES string of the molecule is [2H]c1c([2H])c([2H])c(-c2cc3c4ccccc4sc3c3c2c2ccc4c5ccccc5sc4c2n3-c2c(C#N)c(-c3ccccc3)c([N+]#[C-])c(-n3c4cccc5c6ccccc6c6c([2H])c([2H])c([2H])c3c6c54)c2-c2ccccc2)c([2H])c1[2H]. The number of rotatable bonds is 5. The van der Waals surface area contributed by atoms with Crippen LogP contribution in [-0.4, -0.2) is 9.13 Å². The highest BCUT2D eigenvalue weighted by Crippen LogP contribution is 2.56. The van der Waals surface area contributed by atoms with Crippen molar-refractivity contribution in [3.8, 4) is 50.8 Å². The van der Waals surface area contributed by atoms with Crippen molar-refractivity contribution in [1.29, 1.82) is 5.26 Å². The minimum Gasteiger partial charge on any atom is -0.318 e. The lowest BCUT2D eigenvalue weighted by Gasteiger charge is -2.26. The molecule has 0 spiro atoms. The van der Waals surface area contributed by atoms with E-state index in [1.807, 2.05) is 144 Å². The van der Waals surface area contributed by atoms with E-state index in [1.54, 1.807) is 22.7 Å². The van der Waals surface area contributed by atoms with Gasteiger partial charge in [-0.3, -0.25) is 0 Å². The predicted octanol–water partition coefficient (Wildman–Crippen LogP) is 19.8. The summed E-state index contributed by atoms with van der Waals surface area (Å²) in [6, 6.07) is 55.4. The molecule has 6 heteroatoms. The van der Waals surface area contributed by atoms with Crippen molar-refractivity contribution in [2.45, 2.75) is 0 Å². The molecule has 0 aliphatic carbocycles. The molecule has 16 rings (SSSR count). The second-order valence-electron chi connectivity index (χ2n) is 18.6. The van der Waals surface area contributed by atoms with E-state index >= 15 is 0 Å². The molecule has 0 saturated carbocycles. The molecule has 0 bridgehead atoms. The van der Waals surface area contributed by atoms with Gasteiger partial charge in [0.15, 0.2) is 0 Å². The fraction of sp³-hybridized carbons (Fsp3) is 0. The Balaban J connectivity index is 1.25. The summed E-state index contributed by atoms with van der Waals surface area (Å²) in [5.41, 5.74) is 5.91. The Labute approximate surface area is 443 Å². The maximum atomic E-state index is 12.4. The molecule has 0 aliphatic rings. The van der Waals surface area contributed by atoms with E-state index in [2.05, 4.69) is 45.8 Å². The zero-order valence-electron chi connectivity index (χ0n) is 46.8. The molecule has 0 unspecified atom stereocenters. The largest absolute Gasteiger partial charge is 0.318 e. The van der Waals surface area contributed by atoms with Crippen LogP contribution in [0.2, 0.25) is 0 Å². The summed E-state index contributed by atoms with van der Waals surface area (Å²) in [5, 5.41) is 21.8. The van der Waals surface area contributed by atoms with E-state index in [9.17, 15) is 18.7 Å². The van der Waals surface area contributed by atoms with Crippen molar-refractivity contribution >= 4 is 134 Å². The topological polar surface area (TPSA) is 38.0 Å². The van der Waals surface area contributed by atoms with Crippen LogP contribution in [-0.2, 0) is 0 Å². The van der Waals surface area contributed by atoms with E-state index in [0.29, 0.717) is 82.8 Å². The van der Waals surface area contributed by atoms with Gasteiger partial charge in [-0.1, -0.05) is 188 Å². The second kappa shape index (κ2) is 15.5.